The second kappa shape index (κ2) is 6.84. The van der Waals surface area contributed by atoms with Gasteiger partial charge >= 0.3 is 0 Å². The molecule has 0 unspecified atom stereocenters. The molecular formula is C20H19N9O2. The van der Waals surface area contributed by atoms with Crippen LogP contribution in [-0.2, 0) is 4.74 Å². The number of aromatic nitrogens is 8. The molecular weight excluding hydrogens is 398 g/mol. The second-order valence-corrected chi connectivity index (χ2v) is 7.61. The number of fused-ring (bicyclic) bond motifs is 4. The van der Waals surface area contributed by atoms with Crippen molar-refractivity contribution >= 4 is 34.2 Å². The number of ether oxygens (including phenoxy) is 1. The van der Waals surface area contributed by atoms with Gasteiger partial charge in [-0.25, -0.2) is 14.5 Å². The monoisotopic (exact) mass is 417 g/mol. The minimum Gasteiger partial charge on any atom is -0.381 e. The smallest absolute Gasteiger partial charge is 0.274 e. The van der Waals surface area contributed by atoms with Crippen LogP contribution in [0.2, 0.25) is 0 Å². The van der Waals surface area contributed by atoms with Gasteiger partial charge in [0.2, 0.25) is 11.7 Å². The number of rotatable bonds is 3. The zero-order valence-electron chi connectivity index (χ0n) is 16.8. The van der Waals surface area contributed by atoms with Gasteiger partial charge < -0.3 is 10.1 Å². The highest BCUT2D eigenvalue weighted by molar-refractivity contribution is 5.78. The van der Waals surface area contributed by atoms with E-state index in [4.69, 9.17) is 9.72 Å². The molecule has 0 bridgehead atoms. The molecule has 156 valence electrons. The normalized spacial score (nSPS) is 15.3. The molecule has 1 aliphatic heterocycles. The predicted molar refractivity (Wildman–Crippen MR) is 113 cm³/mol. The van der Waals surface area contributed by atoms with Crippen molar-refractivity contribution in [3.8, 4) is 0 Å². The molecule has 6 heterocycles. The van der Waals surface area contributed by atoms with Gasteiger partial charge in [-0.15, -0.1) is 0 Å². The highest BCUT2D eigenvalue weighted by Gasteiger charge is 2.23. The Morgan fingerprint density at radius 3 is 2.94 bits per heavy atom. The van der Waals surface area contributed by atoms with Crippen LogP contribution in [0, 0.1) is 6.92 Å². The molecule has 0 spiro atoms. The van der Waals surface area contributed by atoms with Gasteiger partial charge in [0.25, 0.3) is 5.56 Å². The van der Waals surface area contributed by atoms with Crippen LogP contribution in [-0.4, -0.2) is 51.7 Å². The number of imidazole rings is 1. The Balaban J connectivity index is 1.51. The highest BCUT2D eigenvalue weighted by atomic mass is 16.5. The molecule has 0 saturated carbocycles. The maximum absolute atomic E-state index is 12.0. The number of hydrogen-bond donors (Lipinski definition) is 1. The van der Waals surface area contributed by atoms with Gasteiger partial charge in [0.15, 0.2) is 11.3 Å². The quantitative estimate of drug-likeness (QED) is 0.473. The second-order valence-electron chi connectivity index (χ2n) is 7.61. The van der Waals surface area contributed by atoms with Crippen LogP contribution >= 0.6 is 0 Å². The zero-order chi connectivity index (χ0) is 20.9. The average Bonchev–Trinajstić information content (AvgIpc) is 3.35. The van der Waals surface area contributed by atoms with Gasteiger partial charge in [-0.1, -0.05) is 0 Å². The predicted octanol–water partition coefficient (Wildman–Crippen LogP) is 1.89. The van der Waals surface area contributed by atoms with Gasteiger partial charge in [-0.05, 0) is 31.4 Å². The minimum absolute atomic E-state index is 0.145. The van der Waals surface area contributed by atoms with Gasteiger partial charge in [-0.3, -0.25) is 13.8 Å². The Morgan fingerprint density at radius 2 is 2.06 bits per heavy atom. The lowest BCUT2D eigenvalue weighted by atomic mass is 10.1. The lowest BCUT2D eigenvalue weighted by Gasteiger charge is -2.24. The molecule has 0 atom stereocenters. The lowest BCUT2D eigenvalue weighted by Crippen LogP contribution is -2.21. The van der Waals surface area contributed by atoms with Crippen LogP contribution in [0.4, 0.5) is 11.6 Å². The number of nitrogens with zero attached hydrogens (tertiary/aromatic N) is 8. The highest BCUT2D eigenvalue weighted by Crippen LogP contribution is 2.29. The molecule has 0 aromatic carbocycles. The van der Waals surface area contributed by atoms with Gasteiger partial charge in [-0.2, -0.15) is 15.1 Å². The molecule has 1 saturated heterocycles. The van der Waals surface area contributed by atoms with Gasteiger partial charge in [0.05, 0.1) is 18.1 Å². The molecule has 1 fully saturated rings. The first kappa shape index (κ1) is 18.0. The summed E-state index contributed by atoms with van der Waals surface area (Å²) in [4.78, 5) is 29.8. The Morgan fingerprint density at radius 1 is 1.19 bits per heavy atom. The van der Waals surface area contributed by atoms with Crippen molar-refractivity contribution in [1.82, 2.24) is 38.5 Å². The summed E-state index contributed by atoms with van der Waals surface area (Å²) in [7, 11) is 0. The Bertz CT molecular complexity index is 1490. The molecule has 1 aliphatic rings. The summed E-state index contributed by atoms with van der Waals surface area (Å²) in [5.41, 5.74) is 3.85. The molecule has 0 aliphatic carbocycles. The Labute approximate surface area is 175 Å². The van der Waals surface area contributed by atoms with Crippen LogP contribution in [0.15, 0.2) is 41.8 Å². The van der Waals surface area contributed by atoms with Crippen molar-refractivity contribution in [2.24, 2.45) is 0 Å². The molecule has 31 heavy (non-hydrogen) atoms. The number of nitrogens with one attached hydrogen (secondary N) is 1. The van der Waals surface area contributed by atoms with E-state index in [1.807, 2.05) is 28.2 Å². The van der Waals surface area contributed by atoms with Crippen molar-refractivity contribution in [1.29, 1.82) is 0 Å². The van der Waals surface area contributed by atoms with E-state index in [0.29, 0.717) is 24.9 Å². The van der Waals surface area contributed by atoms with Crippen molar-refractivity contribution in [3.05, 3.63) is 53.0 Å². The maximum Gasteiger partial charge on any atom is 0.274 e. The summed E-state index contributed by atoms with van der Waals surface area (Å²) in [6, 6.07) is 3.54. The Kier molecular flexibility index (Phi) is 3.96. The van der Waals surface area contributed by atoms with Crippen molar-refractivity contribution in [2.75, 3.05) is 18.5 Å². The number of hydrogen-bond acceptors (Lipinski definition) is 8. The summed E-state index contributed by atoms with van der Waals surface area (Å²) in [5.74, 6) is 1.02. The van der Waals surface area contributed by atoms with Crippen LogP contribution in [0.25, 0.3) is 22.6 Å². The SMILES string of the molecule is Cc1cc2ncnn2cc1Nc1ncc2c(n1)n(C1CCOCC1)c1nc(=O)ccn21. The van der Waals surface area contributed by atoms with Crippen molar-refractivity contribution in [3.63, 3.8) is 0 Å². The molecule has 1 N–H and O–H groups in total. The fraction of sp³-hybridized carbons (Fsp3) is 0.300. The average molecular weight is 417 g/mol. The molecule has 11 nitrogen and oxygen atoms in total. The van der Waals surface area contributed by atoms with Crippen LogP contribution in [0.3, 0.4) is 0 Å². The summed E-state index contributed by atoms with van der Waals surface area (Å²) in [6.45, 7) is 3.33. The first-order valence-electron chi connectivity index (χ1n) is 10.1. The first-order valence-corrected chi connectivity index (χ1v) is 10.1. The fourth-order valence-corrected chi connectivity index (χ4v) is 4.11. The van der Waals surface area contributed by atoms with E-state index in [1.165, 1.54) is 12.4 Å². The molecule has 11 heteroatoms. The topological polar surface area (TPSA) is 117 Å². The standard InChI is InChI=1S/C20H19N9O2/c1-12-8-16-22-11-23-28(16)10-14(12)24-19-21-9-15-18(26-19)29(13-3-6-31-7-4-13)20-25-17(30)2-5-27(15)20/h2,5,8-11,13H,3-4,6-7H2,1H3,(H,21,24,26). The van der Waals surface area contributed by atoms with E-state index >= 15 is 0 Å². The zero-order valence-corrected chi connectivity index (χ0v) is 16.8. The summed E-state index contributed by atoms with van der Waals surface area (Å²) in [5, 5.41) is 7.48. The van der Waals surface area contributed by atoms with E-state index in [-0.39, 0.29) is 11.6 Å². The molecule has 5 aromatic rings. The summed E-state index contributed by atoms with van der Waals surface area (Å²) < 4.78 is 11.1. The number of pyridine rings is 1. The third-order valence-corrected chi connectivity index (χ3v) is 5.67. The van der Waals surface area contributed by atoms with Crippen LogP contribution in [0.5, 0.6) is 0 Å². The van der Waals surface area contributed by atoms with Gasteiger partial charge in [0, 0.05) is 31.5 Å². The van der Waals surface area contributed by atoms with E-state index in [9.17, 15) is 4.79 Å². The van der Waals surface area contributed by atoms with Crippen molar-refractivity contribution < 1.29 is 4.74 Å². The molecule has 0 radical (unpaired) electrons. The largest absolute Gasteiger partial charge is 0.381 e. The molecule has 6 rings (SSSR count). The number of aryl methyl sites for hydroxylation is 1. The molecule has 5 aromatic heterocycles. The minimum atomic E-state index is -0.279. The summed E-state index contributed by atoms with van der Waals surface area (Å²) in [6.07, 6.45) is 8.52. The lowest BCUT2D eigenvalue weighted by molar-refractivity contribution is 0.0713. The molecule has 0 amide bonds. The summed E-state index contributed by atoms with van der Waals surface area (Å²) >= 11 is 0. The Hall–Kier alpha value is -3.86. The van der Waals surface area contributed by atoms with Crippen LogP contribution in [0.1, 0.15) is 24.4 Å². The number of anilines is 2. The third-order valence-electron chi connectivity index (χ3n) is 5.67. The first-order chi connectivity index (χ1) is 15.2. The fourth-order valence-electron chi connectivity index (χ4n) is 4.11. The van der Waals surface area contributed by atoms with E-state index < -0.39 is 0 Å². The maximum atomic E-state index is 12.0. The van der Waals surface area contributed by atoms with Crippen molar-refractivity contribution in [2.45, 2.75) is 25.8 Å². The van der Waals surface area contributed by atoms with E-state index in [2.05, 4.69) is 25.4 Å². The van der Waals surface area contributed by atoms with E-state index in [0.717, 1.165) is 40.9 Å². The van der Waals surface area contributed by atoms with Crippen LogP contribution < -0.4 is 10.9 Å². The third kappa shape index (κ3) is 2.93. The van der Waals surface area contributed by atoms with Gasteiger partial charge in [0.1, 0.15) is 11.8 Å². The van der Waals surface area contributed by atoms with E-state index in [1.54, 1.807) is 16.9 Å².